The van der Waals surface area contributed by atoms with E-state index < -0.39 is 12.0 Å². The summed E-state index contributed by atoms with van der Waals surface area (Å²) in [5.74, 6) is -0.917. The van der Waals surface area contributed by atoms with Crippen molar-refractivity contribution in [3.05, 3.63) is 35.4 Å². The molecule has 0 saturated carbocycles. The normalized spacial score (nSPS) is 12.1. The molecule has 1 amide bonds. The average Bonchev–Trinajstić information content (AvgIpc) is 2.62. The molecule has 0 saturated heterocycles. The zero-order valence-electron chi connectivity index (χ0n) is 16.1. The number of carboxylic acid groups (broad SMARTS) is 1. The van der Waals surface area contributed by atoms with Crippen LogP contribution in [-0.2, 0) is 9.59 Å². The second kappa shape index (κ2) is 13.3. The molecular weight excluding hydrogens is 437 g/mol. The number of anilines is 1. The van der Waals surface area contributed by atoms with Gasteiger partial charge in [0.2, 0.25) is 5.91 Å². The summed E-state index contributed by atoms with van der Waals surface area (Å²) in [5, 5.41) is 12.3. The van der Waals surface area contributed by atoms with Gasteiger partial charge in [-0.1, -0.05) is 44.7 Å². The van der Waals surface area contributed by atoms with Crippen LogP contribution in [0.1, 0.15) is 63.9 Å². The lowest BCUT2D eigenvalue weighted by molar-refractivity contribution is -0.132. The van der Waals surface area contributed by atoms with Crippen molar-refractivity contribution in [2.45, 2.75) is 64.3 Å². The van der Waals surface area contributed by atoms with Crippen LogP contribution in [0.3, 0.4) is 0 Å². The van der Waals surface area contributed by atoms with Gasteiger partial charge in [0.1, 0.15) is 0 Å². The SMILES string of the molecule is CCCCC(=O)Nc1ccc(/C=C(\CCCCCC[Si](Cl)(Cl)Cl)C(=O)O)cc1. The molecule has 156 valence electrons. The molecule has 8 heteroatoms. The first kappa shape index (κ1) is 25.0. The van der Waals surface area contributed by atoms with E-state index in [2.05, 4.69) is 5.32 Å². The third-order valence-electron chi connectivity index (χ3n) is 4.22. The Morgan fingerprint density at radius 1 is 1.00 bits per heavy atom. The minimum Gasteiger partial charge on any atom is -0.478 e. The van der Waals surface area contributed by atoms with Gasteiger partial charge < -0.3 is 10.4 Å². The molecule has 0 fully saturated rings. The minimum atomic E-state index is -2.55. The largest absolute Gasteiger partial charge is 0.478 e. The van der Waals surface area contributed by atoms with Gasteiger partial charge in [0.05, 0.1) is 0 Å². The molecule has 0 aliphatic heterocycles. The van der Waals surface area contributed by atoms with Crippen molar-refractivity contribution in [1.82, 2.24) is 0 Å². The number of unbranched alkanes of at least 4 members (excludes halogenated alkanes) is 4. The van der Waals surface area contributed by atoms with Crippen LogP contribution in [-0.4, -0.2) is 23.0 Å². The second-order valence-electron chi connectivity index (χ2n) is 6.78. The monoisotopic (exact) mass is 463 g/mol. The molecule has 0 aliphatic carbocycles. The fourth-order valence-corrected chi connectivity index (χ4v) is 4.51. The first-order valence-electron chi connectivity index (χ1n) is 9.62. The van der Waals surface area contributed by atoms with Gasteiger partial charge in [-0.3, -0.25) is 4.79 Å². The van der Waals surface area contributed by atoms with Gasteiger partial charge in [-0.25, -0.2) is 4.79 Å². The molecule has 0 spiro atoms. The fraction of sp³-hybridized carbons (Fsp3) is 0.500. The summed E-state index contributed by atoms with van der Waals surface area (Å²) < 4.78 is 0. The molecule has 1 aromatic carbocycles. The van der Waals surface area contributed by atoms with Crippen LogP contribution in [0.25, 0.3) is 6.08 Å². The first-order chi connectivity index (χ1) is 13.2. The Kier molecular flexibility index (Phi) is 11.8. The first-order valence-corrected chi connectivity index (χ1v) is 14.9. The van der Waals surface area contributed by atoms with E-state index in [1.54, 1.807) is 18.2 Å². The Morgan fingerprint density at radius 2 is 1.64 bits per heavy atom. The van der Waals surface area contributed by atoms with Crippen LogP contribution < -0.4 is 5.32 Å². The van der Waals surface area contributed by atoms with Gasteiger partial charge in [-0.2, -0.15) is 0 Å². The number of amides is 1. The van der Waals surface area contributed by atoms with Crippen LogP contribution in [0.2, 0.25) is 6.04 Å². The van der Waals surface area contributed by atoms with Crippen molar-refractivity contribution in [2.24, 2.45) is 0 Å². The van der Waals surface area contributed by atoms with Crippen molar-refractivity contribution in [3.8, 4) is 0 Å². The lowest BCUT2D eigenvalue weighted by Gasteiger charge is -2.08. The number of carbonyl (C=O) groups excluding carboxylic acids is 1. The molecule has 0 aromatic heterocycles. The van der Waals surface area contributed by atoms with E-state index in [-0.39, 0.29) is 5.91 Å². The Balaban J connectivity index is 2.52. The van der Waals surface area contributed by atoms with Gasteiger partial charge in [0, 0.05) is 17.7 Å². The predicted molar refractivity (Wildman–Crippen MR) is 121 cm³/mol. The van der Waals surface area contributed by atoms with Gasteiger partial charge in [0.15, 0.2) is 0 Å². The number of nitrogens with one attached hydrogen (secondary N) is 1. The number of aliphatic carboxylic acids is 1. The van der Waals surface area contributed by atoms with E-state index in [9.17, 15) is 14.7 Å². The molecule has 2 N–H and O–H groups in total. The molecule has 1 rings (SSSR count). The molecule has 0 atom stereocenters. The van der Waals surface area contributed by atoms with E-state index >= 15 is 0 Å². The maximum Gasteiger partial charge on any atom is 0.341 e. The van der Waals surface area contributed by atoms with E-state index in [4.69, 9.17) is 33.2 Å². The maximum absolute atomic E-state index is 11.8. The molecule has 28 heavy (non-hydrogen) atoms. The number of rotatable bonds is 13. The average molecular weight is 465 g/mol. The second-order valence-corrected chi connectivity index (χ2v) is 16.1. The van der Waals surface area contributed by atoms with E-state index in [0.717, 1.165) is 44.1 Å². The number of hydrogen-bond acceptors (Lipinski definition) is 2. The number of hydrogen-bond donors (Lipinski definition) is 2. The zero-order valence-corrected chi connectivity index (χ0v) is 19.4. The minimum absolute atomic E-state index is 0.00576. The third kappa shape index (κ3) is 11.7. The summed E-state index contributed by atoms with van der Waals surface area (Å²) in [4.78, 5) is 23.2. The summed E-state index contributed by atoms with van der Waals surface area (Å²) in [6.07, 6.45) is 8.00. The van der Waals surface area contributed by atoms with Crippen molar-refractivity contribution in [2.75, 3.05) is 5.32 Å². The van der Waals surface area contributed by atoms with Crippen LogP contribution in [0.15, 0.2) is 29.8 Å². The molecule has 0 bridgehead atoms. The maximum atomic E-state index is 11.8. The summed E-state index contributed by atoms with van der Waals surface area (Å²) in [6, 6.07) is 5.29. The Labute approximate surface area is 182 Å². The van der Waals surface area contributed by atoms with Gasteiger partial charge in [-0.05, 0) is 49.1 Å². The lowest BCUT2D eigenvalue weighted by atomic mass is 10.0. The van der Waals surface area contributed by atoms with E-state index in [1.807, 2.05) is 19.1 Å². The van der Waals surface area contributed by atoms with Gasteiger partial charge >= 0.3 is 12.0 Å². The summed E-state index contributed by atoms with van der Waals surface area (Å²) >= 11 is 17.5. The van der Waals surface area contributed by atoms with E-state index in [1.165, 1.54) is 0 Å². The Morgan fingerprint density at radius 3 is 2.21 bits per heavy atom. The van der Waals surface area contributed by atoms with E-state index in [0.29, 0.717) is 30.1 Å². The van der Waals surface area contributed by atoms with Crippen molar-refractivity contribution in [3.63, 3.8) is 0 Å². The van der Waals surface area contributed by atoms with Gasteiger partial charge in [0.25, 0.3) is 0 Å². The van der Waals surface area contributed by atoms with Crippen LogP contribution >= 0.6 is 33.2 Å². The standard InChI is InChI=1S/C20H28Cl3NO3Si/c1-2-3-9-19(25)24-18-12-10-16(11-13-18)15-17(20(26)27)8-6-4-5-7-14-28(21,22)23/h10-13,15H,2-9,14H2,1H3,(H,24,25)(H,26,27)/b17-15+. The molecular formula is C20H28Cl3NO3Si. The molecule has 0 radical (unpaired) electrons. The van der Waals surface area contributed by atoms with Crippen LogP contribution in [0, 0.1) is 0 Å². The highest BCUT2D eigenvalue weighted by atomic mass is 35.8. The highest BCUT2D eigenvalue weighted by molar-refractivity contribution is 7.64. The van der Waals surface area contributed by atoms with Crippen molar-refractivity contribution in [1.29, 1.82) is 0 Å². The number of halogens is 3. The zero-order chi connectivity index (χ0) is 21.0. The van der Waals surface area contributed by atoms with Crippen molar-refractivity contribution < 1.29 is 14.7 Å². The van der Waals surface area contributed by atoms with Crippen LogP contribution in [0.5, 0.6) is 0 Å². The molecule has 1 aromatic rings. The number of carbonyl (C=O) groups is 2. The summed E-state index contributed by atoms with van der Waals surface area (Å²) in [7, 11) is 0. The fourth-order valence-electron chi connectivity index (χ4n) is 2.66. The molecule has 0 aliphatic rings. The smallest absolute Gasteiger partial charge is 0.341 e. The van der Waals surface area contributed by atoms with Gasteiger partial charge in [-0.15, -0.1) is 33.2 Å². The summed E-state index contributed by atoms with van der Waals surface area (Å²) in [6.45, 7) is 2.04. The molecule has 4 nitrogen and oxygen atoms in total. The Bertz CT molecular complexity index is 658. The molecule has 0 unspecified atom stereocenters. The number of benzene rings is 1. The third-order valence-corrected chi connectivity index (χ3v) is 6.85. The van der Waals surface area contributed by atoms with Crippen molar-refractivity contribution >= 4 is 62.9 Å². The Hall–Kier alpha value is -1.01. The number of carboxylic acids is 1. The van der Waals surface area contributed by atoms with Crippen LogP contribution in [0.4, 0.5) is 5.69 Å². The highest BCUT2D eigenvalue weighted by Crippen LogP contribution is 2.27. The summed E-state index contributed by atoms with van der Waals surface area (Å²) in [5.41, 5.74) is 1.88. The quantitative estimate of drug-likeness (QED) is 0.144. The lowest BCUT2D eigenvalue weighted by Crippen LogP contribution is -2.10. The highest BCUT2D eigenvalue weighted by Gasteiger charge is 2.23. The topological polar surface area (TPSA) is 66.4 Å². The predicted octanol–water partition coefficient (Wildman–Crippen LogP) is 6.89. The molecule has 0 heterocycles.